The lowest BCUT2D eigenvalue weighted by atomic mass is 10.2. The van der Waals surface area contributed by atoms with Crippen LogP contribution in [0, 0.1) is 0 Å². The summed E-state index contributed by atoms with van der Waals surface area (Å²) in [4.78, 5) is 18.4. The maximum atomic E-state index is 12.4. The normalized spacial score (nSPS) is 10.4. The number of nitrogens with zero attached hydrogens (tertiary/aromatic N) is 2. The van der Waals surface area contributed by atoms with Crippen LogP contribution in [0.15, 0.2) is 42.6 Å². The Morgan fingerprint density at radius 2 is 1.86 bits per heavy atom. The van der Waals surface area contributed by atoms with Gasteiger partial charge in [0.1, 0.15) is 11.6 Å². The Morgan fingerprint density at radius 3 is 2.45 bits per heavy atom. The SMILES string of the molecule is CC(C)Oc1ccc(NC(=O)c2cccnc2N(C)C)cc1. The van der Waals surface area contributed by atoms with Crippen LogP contribution in [0.2, 0.25) is 0 Å². The minimum Gasteiger partial charge on any atom is -0.491 e. The number of rotatable bonds is 5. The second-order valence-corrected chi connectivity index (χ2v) is 5.41. The summed E-state index contributed by atoms with van der Waals surface area (Å²) in [6.45, 7) is 3.95. The maximum absolute atomic E-state index is 12.4. The third-order valence-corrected chi connectivity index (χ3v) is 2.94. The van der Waals surface area contributed by atoms with E-state index >= 15 is 0 Å². The molecule has 0 spiro atoms. The first kappa shape index (κ1) is 15.8. The third-order valence-electron chi connectivity index (χ3n) is 2.94. The van der Waals surface area contributed by atoms with Crippen molar-refractivity contribution in [2.45, 2.75) is 20.0 Å². The van der Waals surface area contributed by atoms with Crippen molar-refractivity contribution in [3.8, 4) is 5.75 Å². The van der Waals surface area contributed by atoms with Crippen LogP contribution in [0.5, 0.6) is 5.75 Å². The van der Waals surface area contributed by atoms with Gasteiger partial charge in [0, 0.05) is 26.0 Å². The number of benzene rings is 1. The highest BCUT2D eigenvalue weighted by molar-refractivity contribution is 6.07. The number of hydrogen-bond acceptors (Lipinski definition) is 4. The number of nitrogens with one attached hydrogen (secondary N) is 1. The molecule has 1 N–H and O–H groups in total. The molecule has 0 atom stereocenters. The molecule has 2 rings (SSSR count). The van der Waals surface area contributed by atoms with Crippen LogP contribution in [-0.2, 0) is 0 Å². The Morgan fingerprint density at radius 1 is 1.18 bits per heavy atom. The van der Waals surface area contributed by atoms with Gasteiger partial charge in [-0.3, -0.25) is 4.79 Å². The predicted molar refractivity (Wildman–Crippen MR) is 88.7 cm³/mol. The number of amides is 1. The van der Waals surface area contributed by atoms with Crippen LogP contribution in [-0.4, -0.2) is 31.1 Å². The summed E-state index contributed by atoms with van der Waals surface area (Å²) in [6, 6.07) is 10.8. The van der Waals surface area contributed by atoms with Crippen molar-refractivity contribution in [2.24, 2.45) is 0 Å². The number of pyridine rings is 1. The molecule has 0 aliphatic carbocycles. The van der Waals surface area contributed by atoms with Gasteiger partial charge in [-0.05, 0) is 50.2 Å². The van der Waals surface area contributed by atoms with Crippen LogP contribution < -0.4 is 15.0 Å². The minimum absolute atomic E-state index is 0.124. The van der Waals surface area contributed by atoms with Gasteiger partial charge >= 0.3 is 0 Å². The first-order valence-electron chi connectivity index (χ1n) is 7.18. The molecule has 5 nitrogen and oxygen atoms in total. The summed E-state index contributed by atoms with van der Waals surface area (Å²) in [5.41, 5.74) is 1.25. The summed E-state index contributed by atoms with van der Waals surface area (Å²) < 4.78 is 5.58. The van der Waals surface area contributed by atoms with Crippen molar-refractivity contribution in [2.75, 3.05) is 24.3 Å². The zero-order valence-corrected chi connectivity index (χ0v) is 13.3. The molecule has 0 bridgehead atoms. The predicted octanol–water partition coefficient (Wildman–Crippen LogP) is 3.19. The smallest absolute Gasteiger partial charge is 0.259 e. The molecule has 0 unspecified atom stereocenters. The van der Waals surface area contributed by atoms with E-state index in [0.29, 0.717) is 11.4 Å². The molecule has 0 radical (unpaired) electrons. The summed E-state index contributed by atoms with van der Waals surface area (Å²) in [7, 11) is 3.72. The Labute approximate surface area is 130 Å². The Bertz CT molecular complexity index is 637. The lowest BCUT2D eigenvalue weighted by Gasteiger charge is -2.15. The quantitative estimate of drug-likeness (QED) is 0.921. The van der Waals surface area contributed by atoms with E-state index in [9.17, 15) is 4.79 Å². The van der Waals surface area contributed by atoms with Gasteiger partial charge in [-0.2, -0.15) is 0 Å². The van der Waals surface area contributed by atoms with E-state index in [0.717, 1.165) is 11.4 Å². The van der Waals surface area contributed by atoms with Crippen molar-refractivity contribution in [1.82, 2.24) is 4.98 Å². The molecule has 1 amide bonds. The van der Waals surface area contributed by atoms with E-state index in [2.05, 4.69) is 10.3 Å². The number of carbonyl (C=O) groups is 1. The van der Waals surface area contributed by atoms with Crippen LogP contribution in [0.25, 0.3) is 0 Å². The van der Waals surface area contributed by atoms with Crippen LogP contribution in [0.1, 0.15) is 24.2 Å². The van der Waals surface area contributed by atoms with Crippen molar-refractivity contribution < 1.29 is 9.53 Å². The highest BCUT2D eigenvalue weighted by Gasteiger charge is 2.13. The topological polar surface area (TPSA) is 54.5 Å². The Kier molecular flexibility index (Phi) is 4.99. The van der Waals surface area contributed by atoms with Gasteiger partial charge in [0.15, 0.2) is 0 Å². The molecule has 0 saturated heterocycles. The van der Waals surface area contributed by atoms with Gasteiger partial charge in [0.25, 0.3) is 5.91 Å². The van der Waals surface area contributed by atoms with Crippen molar-refractivity contribution >= 4 is 17.4 Å². The second kappa shape index (κ2) is 6.93. The van der Waals surface area contributed by atoms with E-state index in [1.54, 1.807) is 18.3 Å². The van der Waals surface area contributed by atoms with Crippen molar-refractivity contribution in [3.05, 3.63) is 48.2 Å². The fraction of sp³-hybridized carbons (Fsp3) is 0.294. The van der Waals surface area contributed by atoms with Crippen LogP contribution >= 0.6 is 0 Å². The summed E-state index contributed by atoms with van der Waals surface area (Å²) in [5, 5.41) is 2.87. The average molecular weight is 299 g/mol. The molecule has 5 heteroatoms. The largest absolute Gasteiger partial charge is 0.491 e. The monoisotopic (exact) mass is 299 g/mol. The molecule has 22 heavy (non-hydrogen) atoms. The van der Waals surface area contributed by atoms with E-state index in [4.69, 9.17) is 4.74 Å². The van der Waals surface area contributed by atoms with E-state index < -0.39 is 0 Å². The molecule has 2 aromatic rings. The molecular weight excluding hydrogens is 278 g/mol. The molecule has 1 aromatic carbocycles. The lowest BCUT2D eigenvalue weighted by molar-refractivity contribution is 0.102. The maximum Gasteiger partial charge on any atom is 0.259 e. The molecule has 116 valence electrons. The van der Waals surface area contributed by atoms with E-state index in [1.807, 2.05) is 57.1 Å². The molecule has 0 aliphatic rings. The standard InChI is InChI=1S/C17H21N3O2/c1-12(2)22-14-9-7-13(8-10-14)19-17(21)15-6-5-11-18-16(15)20(3)4/h5-12H,1-4H3,(H,19,21). The minimum atomic E-state index is -0.186. The fourth-order valence-electron chi connectivity index (χ4n) is 2.02. The Balaban J connectivity index is 2.12. The van der Waals surface area contributed by atoms with Gasteiger partial charge < -0.3 is 15.0 Å². The van der Waals surface area contributed by atoms with Crippen molar-refractivity contribution in [1.29, 1.82) is 0 Å². The number of anilines is 2. The lowest BCUT2D eigenvalue weighted by Crippen LogP contribution is -2.19. The van der Waals surface area contributed by atoms with Gasteiger partial charge in [-0.25, -0.2) is 4.98 Å². The molecule has 1 heterocycles. The first-order chi connectivity index (χ1) is 10.5. The van der Waals surface area contributed by atoms with Gasteiger partial charge in [-0.15, -0.1) is 0 Å². The van der Waals surface area contributed by atoms with Crippen LogP contribution in [0.4, 0.5) is 11.5 Å². The van der Waals surface area contributed by atoms with E-state index in [-0.39, 0.29) is 12.0 Å². The molecular formula is C17H21N3O2. The average Bonchev–Trinajstić information content (AvgIpc) is 2.48. The van der Waals surface area contributed by atoms with Gasteiger partial charge in [0.2, 0.25) is 0 Å². The fourth-order valence-corrected chi connectivity index (χ4v) is 2.02. The highest BCUT2D eigenvalue weighted by Crippen LogP contribution is 2.20. The highest BCUT2D eigenvalue weighted by atomic mass is 16.5. The molecule has 0 fully saturated rings. The number of hydrogen-bond donors (Lipinski definition) is 1. The molecule has 0 saturated carbocycles. The number of ether oxygens (including phenoxy) is 1. The summed E-state index contributed by atoms with van der Waals surface area (Å²) in [5.74, 6) is 1.23. The van der Waals surface area contributed by atoms with E-state index in [1.165, 1.54) is 0 Å². The van der Waals surface area contributed by atoms with Gasteiger partial charge in [-0.1, -0.05) is 0 Å². The van der Waals surface area contributed by atoms with Crippen LogP contribution in [0.3, 0.4) is 0 Å². The number of aromatic nitrogens is 1. The first-order valence-corrected chi connectivity index (χ1v) is 7.18. The van der Waals surface area contributed by atoms with Gasteiger partial charge in [0.05, 0.1) is 11.7 Å². The Hall–Kier alpha value is -2.56. The molecule has 0 aliphatic heterocycles. The summed E-state index contributed by atoms with van der Waals surface area (Å²) in [6.07, 6.45) is 1.79. The number of carbonyl (C=O) groups excluding carboxylic acids is 1. The third kappa shape index (κ3) is 3.97. The van der Waals surface area contributed by atoms with Crippen molar-refractivity contribution in [3.63, 3.8) is 0 Å². The zero-order valence-electron chi connectivity index (χ0n) is 13.3. The summed E-state index contributed by atoms with van der Waals surface area (Å²) >= 11 is 0. The second-order valence-electron chi connectivity index (χ2n) is 5.41. The molecule has 1 aromatic heterocycles. The zero-order chi connectivity index (χ0) is 16.1.